The average molecular weight is 408 g/mol. The van der Waals surface area contributed by atoms with Crippen LogP contribution in [0.1, 0.15) is 6.92 Å². The predicted molar refractivity (Wildman–Crippen MR) is 102 cm³/mol. The normalized spacial score (nSPS) is 12.7. The van der Waals surface area contributed by atoms with Gasteiger partial charge < -0.3 is 19.5 Å². The fraction of sp³-hybridized carbons (Fsp3) is 0.300. The number of anilines is 1. The fourth-order valence-corrected chi connectivity index (χ4v) is 2.35. The number of ether oxygens (including phenoxy) is 3. The molecule has 0 spiro atoms. The number of carbonyl (C=O) groups is 2. The van der Waals surface area contributed by atoms with E-state index in [1.807, 2.05) is 6.07 Å². The summed E-state index contributed by atoms with van der Waals surface area (Å²) in [6.45, 7) is -1.63. The van der Waals surface area contributed by atoms with Gasteiger partial charge in [0.1, 0.15) is 23.6 Å². The molecule has 0 aliphatic heterocycles. The van der Waals surface area contributed by atoms with Gasteiger partial charge in [-0.15, -0.1) is 0 Å². The third kappa shape index (κ3) is 7.04. The molecule has 9 heteroatoms. The summed E-state index contributed by atoms with van der Waals surface area (Å²) in [6.07, 6.45) is 0. The third-order valence-corrected chi connectivity index (χ3v) is 3.91. The van der Waals surface area contributed by atoms with Crippen LogP contribution in [0.5, 0.6) is 11.5 Å². The molecule has 0 saturated heterocycles. The number of carbonyl (C=O) groups excluding carboxylic acids is 2. The van der Waals surface area contributed by atoms with Crippen LogP contribution in [-0.4, -0.2) is 44.3 Å². The molecule has 0 heterocycles. The molecule has 7 nitrogen and oxygen atoms in total. The summed E-state index contributed by atoms with van der Waals surface area (Å²) in [6, 6.07) is 14.4. The summed E-state index contributed by atoms with van der Waals surface area (Å²) < 4.78 is 39.0. The lowest BCUT2D eigenvalue weighted by Gasteiger charge is -2.27. The molecule has 2 rings (SSSR count). The van der Waals surface area contributed by atoms with Crippen molar-refractivity contribution in [3.05, 3.63) is 54.6 Å². The maximum Gasteiger partial charge on any atom is 0.387 e. The molecule has 0 saturated carbocycles. The van der Waals surface area contributed by atoms with E-state index in [4.69, 9.17) is 9.47 Å². The van der Waals surface area contributed by atoms with Gasteiger partial charge in [-0.05, 0) is 43.3 Å². The highest BCUT2D eigenvalue weighted by Crippen LogP contribution is 2.18. The summed E-state index contributed by atoms with van der Waals surface area (Å²) in [5.74, 6) is -0.482. The van der Waals surface area contributed by atoms with Gasteiger partial charge in [0.2, 0.25) is 5.91 Å². The largest absolute Gasteiger partial charge is 0.491 e. The molecule has 29 heavy (non-hydrogen) atoms. The van der Waals surface area contributed by atoms with Crippen molar-refractivity contribution in [1.29, 1.82) is 0 Å². The van der Waals surface area contributed by atoms with Gasteiger partial charge in [-0.2, -0.15) is 8.78 Å². The first-order valence-electron chi connectivity index (χ1n) is 8.68. The molecule has 1 atom stereocenters. The van der Waals surface area contributed by atoms with Crippen molar-refractivity contribution in [2.75, 3.05) is 25.6 Å². The first kappa shape index (κ1) is 22.1. The van der Waals surface area contributed by atoms with Crippen molar-refractivity contribution in [1.82, 2.24) is 5.32 Å². The van der Waals surface area contributed by atoms with Crippen LogP contribution in [0.15, 0.2) is 54.6 Å². The highest BCUT2D eigenvalue weighted by Gasteiger charge is 2.35. The molecule has 0 aliphatic rings. The van der Waals surface area contributed by atoms with Gasteiger partial charge >= 0.3 is 12.6 Å². The zero-order chi connectivity index (χ0) is 21.3. The Balaban J connectivity index is 1.92. The minimum absolute atomic E-state index is 0.0209. The number of nitrogens with one attached hydrogen (secondary N) is 2. The standard InChI is InChI=1S/C20H22F2N2O5/c1-20(18(26)27-2,13-28-15-6-4-3-5-7-15)23-12-17(25)24-14-8-10-16(11-9-14)29-19(21)22/h3-11,19,23H,12-13H2,1-2H3,(H,24,25). The van der Waals surface area contributed by atoms with Crippen LogP contribution in [0.4, 0.5) is 14.5 Å². The van der Waals surface area contributed by atoms with Gasteiger partial charge in [0, 0.05) is 5.69 Å². The van der Waals surface area contributed by atoms with Crippen molar-refractivity contribution in [3.8, 4) is 11.5 Å². The smallest absolute Gasteiger partial charge is 0.387 e. The molecule has 0 fully saturated rings. The van der Waals surface area contributed by atoms with Gasteiger partial charge in [-0.25, -0.2) is 4.79 Å². The molecule has 156 valence electrons. The Hall–Kier alpha value is -3.20. The molecule has 0 aromatic heterocycles. The van der Waals surface area contributed by atoms with E-state index in [1.54, 1.807) is 31.2 Å². The quantitative estimate of drug-likeness (QED) is 0.588. The molecule has 2 N–H and O–H groups in total. The second kappa shape index (κ2) is 10.4. The van der Waals surface area contributed by atoms with Crippen LogP contribution in [0, 0.1) is 0 Å². The Labute approximate surface area is 167 Å². The number of amides is 1. The molecule has 1 unspecified atom stereocenters. The Bertz CT molecular complexity index is 802. The lowest BCUT2D eigenvalue weighted by atomic mass is 10.0. The van der Waals surface area contributed by atoms with E-state index in [9.17, 15) is 18.4 Å². The summed E-state index contributed by atoms with van der Waals surface area (Å²) in [4.78, 5) is 24.4. The van der Waals surface area contributed by atoms with Crippen LogP contribution in [0.3, 0.4) is 0 Å². The van der Waals surface area contributed by atoms with E-state index in [2.05, 4.69) is 15.4 Å². The second-order valence-corrected chi connectivity index (χ2v) is 6.23. The highest BCUT2D eigenvalue weighted by molar-refractivity contribution is 5.93. The molecule has 2 aromatic carbocycles. The number of esters is 1. The van der Waals surface area contributed by atoms with Gasteiger partial charge in [0.25, 0.3) is 0 Å². The number of alkyl halides is 2. The van der Waals surface area contributed by atoms with Crippen LogP contribution in [0.2, 0.25) is 0 Å². The number of benzene rings is 2. The lowest BCUT2D eigenvalue weighted by molar-refractivity contribution is -0.149. The zero-order valence-corrected chi connectivity index (χ0v) is 16.0. The summed E-state index contributed by atoms with van der Waals surface area (Å²) in [7, 11) is 1.24. The van der Waals surface area contributed by atoms with Crippen molar-refractivity contribution < 1.29 is 32.6 Å². The average Bonchev–Trinajstić information content (AvgIpc) is 2.72. The number of methoxy groups -OCH3 is 1. The topological polar surface area (TPSA) is 85.9 Å². The van der Waals surface area contributed by atoms with Crippen LogP contribution >= 0.6 is 0 Å². The fourth-order valence-electron chi connectivity index (χ4n) is 2.35. The molecular formula is C20H22F2N2O5. The second-order valence-electron chi connectivity index (χ2n) is 6.23. The zero-order valence-electron chi connectivity index (χ0n) is 16.0. The summed E-state index contributed by atoms with van der Waals surface area (Å²) in [5.41, 5.74) is -0.879. The van der Waals surface area contributed by atoms with E-state index < -0.39 is 24.0 Å². The molecule has 2 aromatic rings. The van der Waals surface area contributed by atoms with E-state index in [0.29, 0.717) is 11.4 Å². The number of para-hydroxylation sites is 1. The number of rotatable bonds is 10. The van der Waals surface area contributed by atoms with Gasteiger partial charge in [-0.1, -0.05) is 18.2 Å². The van der Waals surface area contributed by atoms with Crippen molar-refractivity contribution >= 4 is 17.6 Å². The lowest BCUT2D eigenvalue weighted by Crippen LogP contribution is -2.56. The van der Waals surface area contributed by atoms with E-state index >= 15 is 0 Å². The van der Waals surface area contributed by atoms with Crippen LogP contribution < -0.4 is 20.1 Å². The number of halogens is 2. The van der Waals surface area contributed by atoms with Crippen LogP contribution in [0.25, 0.3) is 0 Å². The molecule has 0 radical (unpaired) electrons. The minimum Gasteiger partial charge on any atom is -0.491 e. The number of hydrogen-bond donors (Lipinski definition) is 2. The van der Waals surface area contributed by atoms with Gasteiger partial charge in [0.05, 0.1) is 13.7 Å². The van der Waals surface area contributed by atoms with Gasteiger partial charge in [0.15, 0.2) is 0 Å². The molecule has 0 bridgehead atoms. The highest BCUT2D eigenvalue weighted by atomic mass is 19.3. The Morgan fingerprint density at radius 2 is 1.69 bits per heavy atom. The first-order chi connectivity index (χ1) is 13.8. The Morgan fingerprint density at radius 1 is 1.03 bits per heavy atom. The SMILES string of the molecule is COC(=O)C(C)(COc1ccccc1)NCC(=O)Nc1ccc(OC(F)F)cc1. The van der Waals surface area contributed by atoms with Crippen LogP contribution in [-0.2, 0) is 14.3 Å². The summed E-state index contributed by atoms with van der Waals surface area (Å²) >= 11 is 0. The van der Waals surface area contributed by atoms with Gasteiger partial charge in [-0.3, -0.25) is 10.1 Å². The monoisotopic (exact) mass is 408 g/mol. The molecule has 1 amide bonds. The molecule has 0 aliphatic carbocycles. The molecular weight excluding hydrogens is 386 g/mol. The van der Waals surface area contributed by atoms with Crippen molar-refractivity contribution in [3.63, 3.8) is 0 Å². The third-order valence-electron chi connectivity index (χ3n) is 3.91. The maximum absolute atomic E-state index is 12.2. The van der Waals surface area contributed by atoms with Crippen molar-refractivity contribution in [2.45, 2.75) is 19.1 Å². The Kier molecular flexibility index (Phi) is 7.90. The maximum atomic E-state index is 12.2. The minimum atomic E-state index is -2.92. The summed E-state index contributed by atoms with van der Waals surface area (Å²) in [5, 5.41) is 5.43. The number of hydrogen-bond acceptors (Lipinski definition) is 6. The predicted octanol–water partition coefficient (Wildman–Crippen LogP) is 2.83. The van der Waals surface area contributed by atoms with E-state index in [0.717, 1.165) is 0 Å². The van der Waals surface area contributed by atoms with E-state index in [1.165, 1.54) is 31.4 Å². The first-order valence-corrected chi connectivity index (χ1v) is 8.68. The Morgan fingerprint density at radius 3 is 2.28 bits per heavy atom. The van der Waals surface area contributed by atoms with Crippen molar-refractivity contribution in [2.24, 2.45) is 0 Å². The van der Waals surface area contributed by atoms with E-state index in [-0.39, 0.29) is 18.9 Å².